The Morgan fingerprint density at radius 1 is 1.40 bits per heavy atom. The van der Waals surface area contributed by atoms with E-state index in [0.29, 0.717) is 6.42 Å². The first-order valence-corrected chi connectivity index (χ1v) is 7.71. The van der Waals surface area contributed by atoms with E-state index in [-0.39, 0.29) is 18.8 Å². The van der Waals surface area contributed by atoms with Gasteiger partial charge >= 0.3 is 17.8 Å². The number of nitrogens with zero attached hydrogens (tertiary/aromatic N) is 2. The van der Waals surface area contributed by atoms with Gasteiger partial charge in [-0.3, -0.25) is 20.0 Å². The van der Waals surface area contributed by atoms with Gasteiger partial charge in [-0.15, -0.1) is 0 Å². The predicted octanol–water partition coefficient (Wildman–Crippen LogP) is 0.189. The summed E-state index contributed by atoms with van der Waals surface area (Å²) in [6.07, 6.45) is -2.10. The highest BCUT2D eigenvalue weighted by atomic mass is 16.8. The topological polar surface area (TPSA) is 138 Å². The molecule has 25 heavy (non-hydrogen) atoms. The lowest BCUT2D eigenvalue weighted by Gasteiger charge is -2.18. The van der Waals surface area contributed by atoms with E-state index in [0.717, 1.165) is 4.57 Å². The van der Waals surface area contributed by atoms with Gasteiger partial charge in [-0.1, -0.05) is 6.92 Å². The average Bonchev–Trinajstić information content (AvgIpc) is 3.11. The molecule has 1 aromatic rings. The van der Waals surface area contributed by atoms with Crippen LogP contribution in [0.1, 0.15) is 26.0 Å². The first-order valence-electron chi connectivity index (χ1n) is 7.71. The summed E-state index contributed by atoms with van der Waals surface area (Å²) in [5.41, 5.74) is 1.03. The van der Waals surface area contributed by atoms with E-state index >= 15 is 0 Å². The molecule has 2 saturated heterocycles. The fourth-order valence-electron chi connectivity index (χ4n) is 2.70. The van der Waals surface area contributed by atoms with Crippen LogP contribution in [0.15, 0.2) is 17.1 Å². The van der Waals surface area contributed by atoms with E-state index < -0.39 is 42.4 Å². The van der Waals surface area contributed by atoms with Crippen LogP contribution in [-0.4, -0.2) is 51.8 Å². The van der Waals surface area contributed by atoms with Crippen molar-refractivity contribution < 1.29 is 33.7 Å². The Morgan fingerprint density at radius 3 is 2.84 bits per heavy atom. The smallest absolute Gasteiger partial charge is 0.463 e. The molecule has 136 valence electrons. The van der Waals surface area contributed by atoms with E-state index in [9.17, 15) is 14.4 Å². The molecule has 2 aliphatic rings. The van der Waals surface area contributed by atoms with Gasteiger partial charge in [0, 0.05) is 12.6 Å². The van der Waals surface area contributed by atoms with E-state index in [1.54, 1.807) is 5.48 Å². The molecule has 0 aliphatic carbocycles. The molecular formula is C14H17N3O8. The number of rotatable bonds is 6. The molecule has 4 atom stereocenters. The van der Waals surface area contributed by atoms with Crippen LogP contribution in [0.25, 0.3) is 0 Å². The maximum atomic E-state index is 12.1. The molecule has 0 saturated carbocycles. The second-order valence-electron chi connectivity index (χ2n) is 5.53. The molecule has 3 heterocycles. The van der Waals surface area contributed by atoms with Gasteiger partial charge in [-0.25, -0.2) is 9.59 Å². The number of nitrogens with one attached hydrogen (secondary N) is 1. The van der Waals surface area contributed by atoms with Crippen molar-refractivity contribution in [3.05, 3.63) is 22.7 Å². The molecule has 2 aliphatic heterocycles. The van der Waals surface area contributed by atoms with Crippen molar-refractivity contribution in [1.82, 2.24) is 9.55 Å². The molecule has 2 fully saturated rings. The highest BCUT2D eigenvalue weighted by Gasteiger charge is 2.55. The highest BCUT2D eigenvalue weighted by Crippen LogP contribution is 2.37. The summed E-state index contributed by atoms with van der Waals surface area (Å²) < 4.78 is 22.0. The normalized spacial score (nSPS) is 27.4. The van der Waals surface area contributed by atoms with E-state index in [1.165, 1.54) is 12.3 Å². The predicted molar refractivity (Wildman–Crippen MR) is 78.8 cm³/mol. The lowest BCUT2D eigenvalue weighted by atomic mass is 10.1. The Balaban J connectivity index is 1.78. The van der Waals surface area contributed by atoms with Crippen LogP contribution in [0.4, 0.5) is 10.6 Å². The van der Waals surface area contributed by atoms with Crippen LogP contribution >= 0.6 is 0 Å². The van der Waals surface area contributed by atoms with Crippen molar-refractivity contribution in [2.45, 2.75) is 44.3 Å². The van der Waals surface area contributed by atoms with E-state index in [1.807, 2.05) is 6.92 Å². The maximum Gasteiger partial charge on any atom is 0.509 e. The van der Waals surface area contributed by atoms with Crippen LogP contribution in [0.2, 0.25) is 0 Å². The van der Waals surface area contributed by atoms with Gasteiger partial charge in [-0.2, -0.15) is 4.98 Å². The van der Waals surface area contributed by atoms with Crippen LogP contribution in [-0.2, 0) is 23.7 Å². The third-order valence-electron chi connectivity index (χ3n) is 3.83. The summed E-state index contributed by atoms with van der Waals surface area (Å²) in [6.45, 7) is 1.71. The van der Waals surface area contributed by atoms with Crippen molar-refractivity contribution in [3.63, 3.8) is 0 Å². The van der Waals surface area contributed by atoms with Crippen molar-refractivity contribution in [1.29, 1.82) is 0 Å². The largest absolute Gasteiger partial charge is 0.509 e. The number of carbonyl (C=O) groups excluding carboxylic acids is 2. The van der Waals surface area contributed by atoms with Gasteiger partial charge < -0.3 is 18.9 Å². The standard InChI is InChI=1S/C14H17N3O8/c1-2-3-9(18)22-6-7-10-11(25-14(20)24-10)12(23-7)17-5-4-8(16-21)15-13(17)19/h4-5,7,10-12,21H,2-3,6H2,1H3,(H,15,16,19)/t7-,10-,11-,12-/m1/s1. The Hall–Kier alpha value is -2.66. The molecule has 0 bridgehead atoms. The van der Waals surface area contributed by atoms with Gasteiger partial charge in [0.1, 0.15) is 12.7 Å². The molecule has 3 rings (SSSR count). The van der Waals surface area contributed by atoms with Crippen LogP contribution < -0.4 is 11.2 Å². The number of hydrogen-bond donors (Lipinski definition) is 2. The van der Waals surface area contributed by atoms with E-state index in [4.69, 9.17) is 24.2 Å². The number of carbonyl (C=O) groups is 2. The molecule has 0 aromatic carbocycles. The molecule has 11 heteroatoms. The zero-order chi connectivity index (χ0) is 18.0. The van der Waals surface area contributed by atoms with Crippen LogP contribution in [0.5, 0.6) is 0 Å². The lowest BCUT2D eigenvalue weighted by molar-refractivity contribution is -0.150. The first kappa shape index (κ1) is 17.2. The van der Waals surface area contributed by atoms with Gasteiger partial charge in [0.25, 0.3) is 0 Å². The molecule has 11 nitrogen and oxygen atoms in total. The molecule has 0 unspecified atom stereocenters. The zero-order valence-corrected chi connectivity index (χ0v) is 13.3. The Kier molecular flexibility index (Phi) is 4.86. The second-order valence-corrected chi connectivity index (χ2v) is 5.53. The van der Waals surface area contributed by atoms with Crippen LogP contribution in [0, 0.1) is 0 Å². The van der Waals surface area contributed by atoms with Gasteiger partial charge in [0.15, 0.2) is 24.3 Å². The second kappa shape index (κ2) is 7.07. The van der Waals surface area contributed by atoms with Crippen molar-refractivity contribution in [2.75, 3.05) is 12.1 Å². The number of fused-ring (bicyclic) bond motifs is 1. The Bertz CT molecular complexity index is 720. The Morgan fingerprint density at radius 2 is 2.16 bits per heavy atom. The van der Waals surface area contributed by atoms with Gasteiger partial charge in [-0.05, 0) is 12.5 Å². The number of hydrogen-bond acceptors (Lipinski definition) is 10. The first-order chi connectivity index (χ1) is 12.0. The fraction of sp³-hybridized carbons (Fsp3) is 0.571. The minimum absolute atomic E-state index is 0.0412. The Labute approximate surface area is 141 Å². The molecule has 1 aromatic heterocycles. The molecular weight excluding hydrogens is 338 g/mol. The molecule has 0 radical (unpaired) electrons. The number of aromatic nitrogens is 2. The minimum Gasteiger partial charge on any atom is -0.463 e. The SMILES string of the molecule is CCCC(=O)OC[C@H]1O[C@@H](n2ccc(NO)nc2=O)[C@@H]2OC(=O)O[C@@H]21. The van der Waals surface area contributed by atoms with Gasteiger partial charge in [0.05, 0.1) is 0 Å². The van der Waals surface area contributed by atoms with Crippen molar-refractivity contribution >= 4 is 17.9 Å². The summed E-state index contributed by atoms with van der Waals surface area (Å²) in [4.78, 5) is 38.6. The summed E-state index contributed by atoms with van der Waals surface area (Å²) in [5.74, 6) is -0.436. The monoisotopic (exact) mass is 355 g/mol. The maximum absolute atomic E-state index is 12.1. The number of anilines is 1. The third kappa shape index (κ3) is 3.42. The summed E-state index contributed by atoms with van der Waals surface area (Å²) in [6, 6.07) is 1.34. The highest BCUT2D eigenvalue weighted by molar-refractivity contribution is 5.69. The quantitative estimate of drug-likeness (QED) is 0.537. The number of ether oxygens (including phenoxy) is 4. The average molecular weight is 355 g/mol. The summed E-state index contributed by atoms with van der Waals surface area (Å²) in [7, 11) is 0. The fourth-order valence-corrected chi connectivity index (χ4v) is 2.70. The minimum atomic E-state index is -0.987. The van der Waals surface area contributed by atoms with E-state index in [2.05, 4.69) is 4.98 Å². The number of esters is 1. The lowest BCUT2D eigenvalue weighted by Crippen LogP contribution is -2.34. The van der Waals surface area contributed by atoms with Gasteiger partial charge in [0.2, 0.25) is 0 Å². The molecule has 2 N–H and O–H groups in total. The molecule has 0 amide bonds. The van der Waals surface area contributed by atoms with Crippen LogP contribution in [0.3, 0.4) is 0 Å². The summed E-state index contributed by atoms with van der Waals surface area (Å²) >= 11 is 0. The van der Waals surface area contributed by atoms with Crippen molar-refractivity contribution in [2.24, 2.45) is 0 Å². The zero-order valence-electron chi connectivity index (χ0n) is 13.3. The third-order valence-corrected chi connectivity index (χ3v) is 3.83. The molecule has 0 spiro atoms. The summed E-state index contributed by atoms with van der Waals surface area (Å²) in [5, 5.41) is 8.78. The van der Waals surface area contributed by atoms with Crippen molar-refractivity contribution in [3.8, 4) is 0 Å².